The number of primary amides is 1. The van der Waals surface area contributed by atoms with Crippen LogP contribution < -0.4 is 10.3 Å². The van der Waals surface area contributed by atoms with Crippen LogP contribution >= 0.6 is 8.25 Å². The van der Waals surface area contributed by atoms with Crippen molar-refractivity contribution in [2.45, 2.75) is 57.5 Å². The molecule has 3 heterocycles. The molecular weight excluding hydrogens is 423 g/mol. The molecule has 3 aliphatic rings. The molecule has 31 heavy (non-hydrogen) atoms. The van der Waals surface area contributed by atoms with Crippen LogP contribution in [0.25, 0.3) is 0 Å². The fourth-order valence-corrected chi connectivity index (χ4v) is 4.39. The van der Waals surface area contributed by atoms with Gasteiger partial charge in [-0.25, -0.2) is 4.52 Å². The molecule has 10 heteroatoms. The Hall–Kier alpha value is -2.29. The number of hydrogen-bond acceptors (Lipinski definition) is 8. The van der Waals surface area contributed by atoms with Crippen molar-refractivity contribution in [2.24, 2.45) is 5.73 Å². The van der Waals surface area contributed by atoms with E-state index in [1.54, 1.807) is 23.2 Å². The van der Waals surface area contributed by atoms with Crippen molar-refractivity contribution in [3.05, 3.63) is 53.9 Å². The van der Waals surface area contributed by atoms with Gasteiger partial charge in [0.25, 0.3) is 0 Å². The molecular formula is C21H26N2O7P+. The highest BCUT2D eigenvalue weighted by Crippen LogP contribution is 2.41. The summed E-state index contributed by atoms with van der Waals surface area (Å²) in [6, 6.07) is 7.18. The van der Waals surface area contributed by atoms with Gasteiger partial charge >= 0.3 is 8.25 Å². The third kappa shape index (κ3) is 4.97. The van der Waals surface area contributed by atoms with Crippen LogP contribution in [0.3, 0.4) is 0 Å². The van der Waals surface area contributed by atoms with E-state index in [2.05, 4.69) is 0 Å². The zero-order valence-electron chi connectivity index (χ0n) is 17.6. The summed E-state index contributed by atoms with van der Waals surface area (Å²) in [6.07, 6.45) is 3.78. The number of amides is 1. The van der Waals surface area contributed by atoms with E-state index in [1.807, 2.05) is 45.2 Å². The third-order valence-corrected chi connectivity index (χ3v) is 5.92. The van der Waals surface area contributed by atoms with Crippen molar-refractivity contribution >= 4 is 14.2 Å². The lowest BCUT2D eigenvalue weighted by Gasteiger charge is -2.31. The maximum absolute atomic E-state index is 12.3. The van der Waals surface area contributed by atoms with Gasteiger partial charge in [-0.15, -0.1) is 4.52 Å². The summed E-state index contributed by atoms with van der Waals surface area (Å²) in [7, 11) is -2.40. The monoisotopic (exact) mass is 449 g/mol. The number of benzene rings is 1. The standard InChI is InChI=1S/C21H25N2O7P/c1-13-6-8-15(9-7-13)30-31(25)26-12-16-17-18(29-21(2,3)28-17)20(27-16)23-10-4-5-14(11-23)19(22)24/h4,6-11,16-18,20H,5,12H2,1-3H3,(H-,22,24)/p+1/t16?,17-,18-,20-/m1/s1. The minimum atomic E-state index is -2.40. The summed E-state index contributed by atoms with van der Waals surface area (Å²) in [5.41, 5.74) is 6.97. The number of rotatable bonds is 7. The Balaban J connectivity index is 1.42. The Kier molecular flexibility index (Phi) is 6.14. The lowest BCUT2D eigenvalue weighted by molar-refractivity contribution is -0.201. The van der Waals surface area contributed by atoms with Gasteiger partial charge in [-0.3, -0.25) is 4.79 Å². The van der Waals surface area contributed by atoms with E-state index >= 15 is 0 Å². The lowest BCUT2D eigenvalue weighted by atomic mass is 10.1. The third-order valence-electron chi connectivity index (χ3n) is 5.20. The predicted molar refractivity (Wildman–Crippen MR) is 111 cm³/mol. The molecule has 3 aliphatic heterocycles. The first-order valence-corrected chi connectivity index (χ1v) is 11.1. The molecule has 1 amide bonds. The first kappa shape index (κ1) is 21.9. The second-order valence-corrected chi connectivity index (χ2v) is 9.00. The lowest BCUT2D eigenvalue weighted by Crippen LogP contribution is -2.40. The van der Waals surface area contributed by atoms with Gasteiger partial charge in [0.05, 0.1) is 0 Å². The van der Waals surface area contributed by atoms with Gasteiger partial charge in [0.1, 0.15) is 24.9 Å². The molecule has 2 unspecified atom stereocenters. The molecule has 0 bridgehead atoms. The number of ether oxygens (including phenoxy) is 3. The van der Waals surface area contributed by atoms with Crippen LogP contribution in [0.4, 0.5) is 0 Å². The Morgan fingerprint density at radius 3 is 2.68 bits per heavy atom. The molecule has 0 aromatic heterocycles. The van der Waals surface area contributed by atoms with Crippen molar-refractivity contribution in [3.63, 3.8) is 0 Å². The SMILES string of the molecule is Cc1ccc(O[P+](=O)OCC2O[C@@H](N3C=CCC(C(N)=O)=C3)[C@@H]3OC(C)(C)O[C@H]23)cc1. The molecule has 0 radical (unpaired) electrons. The zero-order valence-corrected chi connectivity index (χ0v) is 18.5. The molecule has 2 N–H and O–H groups in total. The van der Waals surface area contributed by atoms with Crippen molar-refractivity contribution in [2.75, 3.05) is 6.61 Å². The second-order valence-electron chi connectivity index (χ2n) is 8.11. The highest BCUT2D eigenvalue weighted by molar-refractivity contribution is 7.33. The van der Waals surface area contributed by atoms with Gasteiger partial charge in [-0.05, 0) is 39.3 Å². The number of nitrogens with zero attached hydrogens (tertiary/aromatic N) is 1. The molecule has 0 aliphatic carbocycles. The molecule has 2 fully saturated rings. The van der Waals surface area contributed by atoms with Crippen LogP contribution in [-0.2, 0) is 28.1 Å². The van der Waals surface area contributed by atoms with Crippen LogP contribution in [-0.4, -0.2) is 47.7 Å². The van der Waals surface area contributed by atoms with Gasteiger partial charge in [0.2, 0.25) is 5.91 Å². The van der Waals surface area contributed by atoms with Gasteiger partial charge < -0.3 is 24.8 Å². The van der Waals surface area contributed by atoms with Crippen molar-refractivity contribution in [1.29, 1.82) is 0 Å². The molecule has 4 rings (SSSR count). The second kappa shape index (κ2) is 8.68. The summed E-state index contributed by atoms with van der Waals surface area (Å²) in [5, 5.41) is 0. The van der Waals surface area contributed by atoms with Gasteiger partial charge in [-0.1, -0.05) is 23.8 Å². The maximum atomic E-state index is 12.3. The van der Waals surface area contributed by atoms with E-state index in [9.17, 15) is 9.36 Å². The minimum absolute atomic E-state index is 0.0118. The van der Waals surface area contributed by atoms with E-state index in [0.29, 0.717) is 17.7 Å². The zero-order chi connectivity index (χ0) is 22.2. The quantitative estimate of drug-likeness (QED) is 0.633. The Morgan fingerprint density at radius 2 is 1.97 bits per heavy atom. The molecule has 2 saturated heterocycles. The number of aryl methyl sites for hydroxylation is 1. The summed E-state index contributed by atoms with van der Waals surface area (Å²) in [5.74, 6) is -0.844. The highest BCUT2D eigenvalue weighted by atomic mass is 31.1. The number of fused-ring (bicyclic) bond motifs is 1. The molecule has 9 nitrogen and oxygen atoms in total. The fourth-order valence-electron chi connectivity index (χ4n) is 3.78. The van der Waals surface area contributed by atoms with E-state index in [4.69, 9.17) is 29.0 Å². The number of carbonyl (C=O) groups excluding carboxylic acids is 1. The highest BCUT2D eigenvalue weighted by Gasteiger charge is 2.57. The first-order chi connectivity index (χ1) is 14.7. The van der Waals surface area contributed by atoms with Gasteiger partial charge in [-0.2, -0.15) is 0 Å². The largest absolute Gasteiger partial charge is 0.750 e. The number of carbonyl (C=O) groups is 1. The van der Waals surface area contributed by atoms with E-state index < -0.39 is 44.5 Å². The van der Waals surface area contributed by atoms with E-state index in [1.165, 1.54) is 0 Å². The molecule has 0 spiro atoms. The summed E-state index contributed by atoms with van der Waals surface area (Å²) in [4.78, 5) is 13.3. The molecule has 1 aromatic carbocycles. The average molecular weight is 449 g/mol. The first-order valence-electron chi connectivity index (χ1n) is 10.0. The average Bonchev–Trinajstić information content (AvgIpc) is 3.21. The molecule has 5 atom stereocenters. The maximum Gasteiger partial charge on any atom is 0.750 e. The Bertz CT molecular complexity index is 915. The summed E-state index contributed by atoms with van der Waals surface area (Å²) >= 11 is 0. The van der Waals surface area contributed by atoms with Gasteiger partial charge in [0.15, 0.2) is 17.8 Å². The predicted octanol–water partition coefficient (Wildman–Crippen LogP) is 2.88. The van der Waals surface area contributed by atoms with Gasteiger partial charge in [0, 0.05) is 22.5 Å². The number of hydrogen-bond donors (Lipinski definition) is 1. The van der Waals surface area contributed by atoms with E-state index in [0.717, 1.165) is 5.56 Å². The minimum Gasteiger partial charge on any atom is -0.366 e. The topological polar surface area (TPSA) is 110 Å². The van der Waals surface area contributed by atoms with Crippen LogP contribution in [0.5, 0.6) is 5.75 Å². The Labute approximate surface area is 181 Å². The van der Waals surface area contributed by atoms with Crippen LogP contribution in [0.15, 0.2) is 48.3 Å². The van der Waals surface area contributed by atoms with Crippen molar-refractivity contribution in [1.82, 2.24) is 4.90 Å². The van der Waals surface area contributed by atoms with Crippen LogP contribution in [0.2, 0.25) is 0 Å². The summed E-state index contributed by atoms with van der Waals surface area (Å²) < 4.78 is 41.2. The molecule has 0 saturated carbocycles. The van der Waals surface area contributed by atoms with E-state index in [-0.39, 0.29) is 6.61 Å². The Morgan fingerprint density at radius 1 is 1.26 bits per heavy atom. The van der Waals surface area contributed by atoms with Crippen molar-refractivity contribution < 1.29 is 32.6 Å². The number of nitrogens with two attached hydrogens (primary N) is 1. The van der Waals surface area contributed by atoms with Crippen LogP contribution in [0, 0.1) is 6.92 Å². The normalized spacial score (nSPS) is 29.5. The molecule has 166 valence electrons. The van der Waals surface area contributed by atoms with Crippen LogP contribution in [0.1, 0.15) is 25.8 Å². The number of allylic oxidation sites excluding steroid dienone is 1. The smallest absolute Gasteiger partial charge is 0.366 e. The molecule has 1 aromatic rings. The summed E-state index contributed by atoms with van der Waals surface area (Å²) in [6.45, 7) is 5.58. The van der Waals surface area contributed by atoms with Crippen molar-refractivity contribution in [3.8, 4) is 5.75 Å². The fraction of sp³-hybridized carbons (Fsp3) is 0.476.